The molecule has 0 radical (unpaired) electrons. The van der Waals surface area contributed by atoms with Crippen LogP contribution in [0.25, 0.3) is 10.9 Å². The fraction of sp³-hybridized carbons (Fsp3) is 0.565. The molecule has 0 amide bonds. The highest BCUT2D eigenvalue weighted by atomic mass is 16.5. The van der Waals surface area contributed by atoms with Gasteiger partial charge < -0.3 is 14.6 Å². The molecule has 29 heavy (non-hydrogen) atoms. The number of rotatable bonds is 4. The number of ether oxygens (including phenoxy) is 2. The van der Waals surface area contributed by atoms with Crippen molar-refractivity contribution < 1.29 is 19.4 Å². The minimum Gasteiger partial charge on any atom is -0.512 e. The van der Waals surface area contributed by atoms with E-state index in [1.807, 2.05) is 10.9 Å². The third-order valence-corrected chi connectivity index (χ3v) is 6.30. The van der Waals surface area contributed by atoms with Crippen molar-refractivity contribution in [1.82, 2.24) is 9.78 Å². The van der Waals surface area contributed by atoms with E-state index >= 15 is 0 Å². The Morgan fingerprint density at radius 2 is 2.17 bits per heavy atom. The molecular weight excluding hydrogens is 368 g/mol. The number of carbonyl (C=O) groups excluding carboxylic acids is 1. The van der Waals surface area contributed by atoms with Crippen LogP contribution in [0.3, 0.4) is 0 Å². The molecule has 1 aliphatic carbocycles. The van der Waals surface area contributed by atoms with Crippen LogP contribution in [0.15, 0.2) is 29.7 Å². The maximum absolute atomic E-state index is 12.8. The van der Waals surface area contributed by atoms with Crippen molar-refractivity contribution in [1.29, 1.82) is 0 Å². The Kier molecular flexibility index (Phi) is 5.63. The first-order valence-electron chi connectivity index (χ1n) is 10.7. The molecule has 6 nitrogen and oxygen atoms in total. The highest BCUT2D eigenvalue weighted by Crippen LogP contribution is 2.45. The summed E-state index contributed by atoms with van der Waals surface area (Å²) < 4.78 is 13.2. The largest absolute Gasteiger partial charge is 0.512 e. The van der Waals surface area contributed by atoms with Gasteiger partial charge in [-0.3, -0.25) is 0 Å². The lowest BCUT2D eigenvalue weighted by atomic mass is 9.72. The number of aliphatic hydroxyl groups excluding tert-OH is 1. The second kappa shape index (κ2) is 8.19. The van der Waals surface area contributed by atoms with Crippen LogP contribution in [0.4, 0.5) is 0 Å². The Bertz CT molecular complexity index is 940. The van der Waals surface area contributed by atoms with Crippen molar-refractivity contribution in [2.75, 3.05) is 13.2 Å². The van der Waals surface area contributed by atoms with E-state index in [2.05, 4.69) is 31.1 Å². The number of nitrogens with zero attached hydrogens (tertiary/aromatic N) is 2. The lowest BCUT2D eigenvalue weighted by molar-refractivity contribution is -0.139. The van der Waals surface area contributed by atoms with Gasteiger partial charge in [0.15, 0.2) is 6.23 Å². The number of hydrogen-bond donors (Lipinski definition) is 1. The van der Waals surface area contributed by atoms with E-state index in [1.54, 1.807) is 6.92 Å². The third kappa shape index (κ3) is 3.54. The topological polar surface area (TPSA) is 73.6 Å². The van der Waals surface area contributed by atoms with Crippen molar-refractivity contribution in [3.63, 3.8) is 0 Å². The van der Waals surface area contributed by atoms with Gasteiger partial charge in [-0.25, -0.2) is 9.48 Å². The molecule has 1 N–H and O–H groups in total. The summed E-state index contributed by atoms with van der Waals surface area (Å²) in [5.41, 5.74) is 3.57. The van der Waals surface area contributed by atoms with E-state index in [0.717, 1.165) is 54.3 Å². The molecule has 2 unspecified atom stereocenters. The summed E-state index contributed by atoms with van der Waals surface area (Å²) in [6, 6.07) is 4.17. The number of esters is 1. The van der Waals surface area contributed by atoms with E-state index in [-0.39, 0.29) is 30.4 Å². The molecule has 1 aromatic heterocycles. The number of hydrogen-bond acceptors (Lipinski definition) is 5. The van der Waals surface area contributed by atoms with Gasteiger partial charge in [-0.05, 0) is 62.6 Å². The van der Waals surface area contributed by atoms with Gasteiger partial charge in [0.25, 0.3) is 0 Å². The number of fused-ring (bicyclic) bond motifs is 1. The molecule has 0 bridgehead atoms. The molecule has 0 saturated carbocycles. The fourth-order valence-corrected chi connectivity index (χ4v) is 4.82. The van der Waals surface area contributed by atoms with E-state index in [1.165, 1.54) is 0 Å². The summed E-state index contributed by atoms with van der Waals surface area (Å²) in [5, 5.41) is 16.3. The van der Waals surface area contributed by atoms with E-state index in [0.29, 0.717) is 12.0 Å². The van der Waals surface area contributed by atoms with Gasteiger partial charge in [-0.2, -0.15) is 5.10 Å². The van der Waals surface area contributed by atoms with Crippen molar-refractivity contribution >= 4 is 16.9 Å². The predicted molar refractivity (Wildman–Crippen MR) is 111 cm³/mol. The molecule has 6 heteroatoms. The van der Waals surface area contributed by atoms with Crippen molar-refractivity contribution in [3.8, 4) is 0 Å². The van der Waals surface area contributed by atoms with E-state index in [4.69, 9.17) is 9.47 Å². The Labute approximate surface area is 171 Å². The maximum Gasteiger partial charge on any atom is 0.338 e. The van der Waals surface area contributed by atoms with Crippen LogP contribution >= 0.6 is 0 Å². The Balaban J connectivity index is 1.85. The molecule has 1 aromatic carbocycles. The van der Waals surface area contributed by atoms with Gasteiger partial charge in [0, 0.05) is 24.3 Å². The molecule has 3 atom stereocenters. The van der Waals surface area contributed by atoms with E-state index < -0.39 is 5.97 Å². The molecule has 156 valence electrons. The third-order valence-electron chi connectivity index (χ3n) is 6.30. The van der Waals surface area contributed by atoms with Gasteiger partial charge in [0.1, 0.15) is 5.76 Å². The van der Waals surface area contributed by atoms with Gasteiger partial charge >= 0.3 is 5.97 Å². The number of carbonyl (C=O) groups is 1. The van der Waals surface area contributed by atoms with Crippen LogP contribution in [0.5, 0.6) is 0 Å². The second-order valence-electron chi connectivity index (χ2n) is 8.21. The normalized spacial score (nSPS) is 25.4. The average molecular weight is 399 g/mol. The SMILES string of the molecule is CCOC(=O)C1=C(O)CC[C@@H](C)C1c1c(C)ccc2c1cnn2C1CCCCO1. The molecule has 1 fully saturated rings. The molecule has 2 heterocycles. The monoisotopic (exact) mass is 398 g/mol. The van der Waals surface area contributed by atoms with Crippen LogP contribution in [-0.4, -0.2) is 34.1 Å². The van der Waals surface area contributed by atoms with Crippen molar-refractivity contribution in [2.45, 2.75) is 65.0 Å². The molecule has 0 spiro atoms. The second-order valence-corrected chi connectivity index (χ2v) is 8.21. The Morgan fingerprint density at radius 3 is 2.90 bits per heavy atom. The quantitative estimate of drug-likeness (QED) is 0.739. The molecule has 4 rings (SSSR count). The summed E-state index contributed by atoms with van der Waals surface area (Å²) >= 11 is 0. The van der Waals surface area contributed by atoms with Crippen LogP contribution in [-0.2, 0) is 14.3 Å². The fourth-order valence-electron chi connectivity index (χ4n) is 4.82. The number of benzene rings is 1. The zero-order valence-electron chi connectivity index (χ0n) is 17.5. The zero-order valence-corrected chi connectivity index (χ0v) is 17.5. The lowest BCUT2D eigenvalue weighted by Crippen LogP contribution is -2.26. The summed E-state index contributed by atoms with van der Waals surface area (Å²) in [6.07, 6.45) is 6.35. The van der Waals surface area contributed by atoms with Gasteiger partial charge in [0.05, 0.1) is 23.9 Å². The standard InChI is InChI=1S/C23H30N2O4/c1-4-28-23(27)22-18(26)11-9-15(3)21(22)20-14(2)8-10-17-16(20)13-24-25(17)19-7-5-6-12-29-19/h8,10,13,15,19,21,26H,4-7,9,11-12H2,1-3H3/t15-,19?,21?/m1/s1. The first-order chi connectivity index (χ1) is 14.0. The summed E-state index contributed by atoms with van der Waals surface area (Å²) in [7, 11) is 0. The van der Waals surface area contributed by atoms with Crippen LogP contribution < -0.4 is 0 Å². The van der Waals surface area contributed by atoms with Crippen molar-refractivity contribution in [2.24, 2.45) is 5.92 Å². The Hall–Kier alpha value is -2.34. The number of aromatic nitrogens is 2. The zero-order chi connectivity index (χ0) is 20.5. The van der Waals surface area contributed by atoms with Crippen LogP contribution in [0.1, 0.15) is 69.2 Å². The first kappa shape index (κ1) is 20.0. The summed E-state index contributed by atoms with van der Waals surface area (Å²) in [6.45, 7) is 7.04. The number of aliphatic hydroxyl groups is 1. The predicted octanol–water partition coefficient (Wildman–Crippen LogP) is 4.93. The minimum atomic E-state index is -0.416. The molecule has 1 aliphatic heterocycles. The highest BCUT2D eigenvalue weighted by molar-refractivity contribution is 5.94. The number of aryl methyl sites for hydroxylation is 1. The molecule has 2 aromatic rings. The van der Waals surface area contributed by atoms with E-state index in [9.17, 15) is 9.90 Å². The summed E-state index contributed by atoms with van der Waals surface area (Å²) in [4.78, 5) is 12.8. The van der Waals surface area contributed by atoms with Gasteiger partial charge in [-0.1, -0.05) is 13.0 Å². The summed E-state index contributed by atoms with van der Waals surface area (Å²) in [5.74, 6) is -0.257. The molecule has 2 aliphatic rings. The van der Waals surface area contributed by atoms with Gasteiger partial charge in [-0.15, -0.1) is 0 Å². The average Bonchev–Trinajstić information content (AvgIpc) is 3.15. The van der Waals surface area contributed by atoms with Crippen LogP contribution in [0, 0.1) is 12.8 Å². The Morgan fingerprint density at radius 1 is 1.34 bits per heavy atom. The number of allylic oxidation sites excluding steroid dienone is 1. The maximum atomic E-state index is 12.8. The smallest absolute Gasteiger partial charge is 0.338 e. The lowest BCUT2D eigenvalue weighted by Gasteiger charge is -2.32. The van der Waals surface area contributed by atoms with Crippen molar-refractivity contribution in [3.05, 3.63) is 40.8 Å². The minimum absolute atomic E-state index is 0.0472. The molecule has 1 saturated heterocycles. The molecular formula is C23H30N2O4. The highest BCUT2D eigenvalue weighted by Gasteiger charge is 2.37. The first-order valence-corrected chi connectivity index (χ1v) is 10.7. The van der Waals surface area contributed by atoms with Gasteiger partial charge in [0.2, 0.25) is 0 Å². The van der Waals surface area contributed by atoms with Crippen LogP contribution in [0.2, 0.25) is 0 Å².